The van der Waals surface area contributed by atoms with E-state index >= 15 is 0 Å². The van der Waals surface area contributed by atoms with Gasteiger partial charge < -0.3 is 10.5 Å². The number of hydrogen-bond acceptors (Lipinski definition) is 2. The average Bonchev–Trinajstić information content (AvgIpc) is 2.10. The molecular formula is C11H16FNO. The minimum atomic E-state index is -0.202. The summed E-state index contributed by atoms with van der Waals surface area (Å²) in [7, 11) is 1.62. The van der Waals surface area contributed by atoms with Crippen molar-refractivity contribution in [2.45, 2.75) is 19.4 Å². The van der Waals surface area contributed by atoms with Gasteiger partial charge in [-0.1, -0.05) is 6.07 Å². The third-order valence-corrected chi connectivity index (χ3v) is 2.17. The molecule has 1 aromatic rings. The fourth-order valence-electron chi connectivity index (χ4n) is 1.44. The van der Waals surface area contributed by atoms with E-state index in [9.17, 15) is 4.39 Å². The minimum Gasteiger partial charge on any atom is -0.383 e. The molecule has 0 aliphatic rings. The summed E-state index contributed by atoms with van der Waals surface area (Å²) in [5, 5.41) is 0. The SMILES string of the molecule is COCC(N)Cc1ccc(F)cc1C. The van der Waals surface area contributed by atoms with Gasteiger partial charge in [0.2, 0.25) is 0 Å². The zero-order valence-electron chi connectivity index (χ0n) is 8.59. The van der Waals surface area contributed by atoms with Crippen LogP contribution in [0.25, 0.3) is 0 Å². The van der Waals surface area contributed by atoms with Crippen LogP contribution in [0.2, 0.25) is 0 Å². The molecule has 0 spiro atoms. The van der Waals surface area contributed by atoms with E-state index in [2.05, 4.69) is 0 Å². The standard InChI is InChI=1S/C11H16FNO/c1-8-5-10(12)4-3-9(8)6-11(13)7-14-2/h3-5,11H,6-7,13H2,1-2H3. The first-order valence-corrected chi connectivity index (χ1v) is 4.63. The molecule has 1 rings (SSSR count). The van der Waals surface area contributed by atoms with Crippen molar-refractivity contribution in [2.24, 2.45) is 5.73 Å². The molecule has 0 saturated carbocycles. The van der Waals surface area contributed by atoms with Crippen molar-refractivity contribution in [1.29, 1.82) is 0 Å². The Labute approximate surface area is 83.9 Å². The number of methoxy groups -OCH3 is 1. The fraction of sp³-hybridized carbons (Fsp3) is 0.455. The maximum atomic E-state index is 12.8. The molecule has 0 bridgehead atoms. The Bertz CT molecular complexity index is 301. The second-order valence-electron chi connectivity index (χ2n) is 3.49. The van der Waals surface area contributed by atoms with Crippen molar-refractivity contribution in [2.75, 3.05) is 13.7 Å². The average molecular weight is 197 g/mol. The quantitative estimate of drug-likeness (QED) is 0.796. The van der Waals surface area contributed by atoms with Crippen molar-refractivity contribution in [1.82, 2.24) is 0 Å². The van der Waals surface area contributed by atoms with Crippen molar-refractivity contribution in [3.8, 4) is 0 Å². The molecule has 0 fully saturated rings. The molecule has 14 heavy (non-hydrogen) atoms. The lowest BCUT2D eigenvalue weighted by molar-refractivity contribution is 0.180. The van der Waals surface area contributed by atoms with Crippen molar-refractivity contribution >= 4 is 0 Å². The highest BCUT2D eigenvalue weighted by molar-refractivity contribution is 5.27. The molecule has 1 atom stereocenters. The molecule has 1 aromatic carbocycles. The summed E-state index contributed by atoms with van der Waals surface area (Å²) in [6, 6.07) is 4.74. The summed E-state index contributed by atoms with van der Waals surface area (Å²) in [5.41, 5.74) is 7.83. The Hall–Kier alpha value is -0.930. The van der Waals surface area contributed by atoms with E-state index in [1.165, 1.54) is 12.1 Å². The van der Waals surface area contributed by atoms with E-state index in [1.54, 1.807) is 13.2 Å². The molecule has 2 nitrogen and oxygen atoms in total. The summed E-state index contributed by atoms with van der Waals surface area (Å²) < 4.78 is 17.7. The normalized spacial score (nSPS) is 12.9. The second-order valence-corrected chi connectivity index (χ2v) is 3.49. The highest BCUT2D eigenvalue weighted by atomic mass is 19.1. The van der Waals surface area contributed by atoms with Gasteiger partial charge in [0, 0.05) is 13.2 Å². The molecule has 0 heterocycles. The summed E-state index contributed by atoms with van der Waals surface area (Å²) in [4.78, 5) is 0. The molecule has 0 radical (unpaired) electrons. The molecule has 78 valence electrons. The van der Waals surface area contributed by atoms with Crippen LogP contribution >= 0.6 is 0 Å². The molecule has 0 amide bonds. The predicted molar refractivity (Wildman–Crippen MR) is 54.7 cm³/mol. The van der Waals surface area contributed by atoms with E-state index < -0.39 is 0 Å². The maximum absolute atomic E-state index is 12.8. The van der Waals surface area contributed by atoms with Gasteiger partial charge in [-0.3, -0.25) is 0 Å². The Morgan fingerprint density at radius 1 is 1.50 bits per heavy atom. The Kier molecular flexibility index (Phi) is 4.04. The number of ether oxygens (including phenoxy) is 1. The van der Waals surface area contributed by atoms with Crippen LogP contribution in [-0.4, -0.2) is 19.8 Å². The van der Waals surface area contributed by atoms with Crippen LogP contribution in [0.3, 0.4) is 0 Å². The van der Waals surface area contributed by atoms with Crippen LogP contribution in [0.1, 0.15) is 11.1 Å². The fourth-order valence-corrected chi connectivity index (χ4v) is 1.44. The van der Waals surface area contributed by atoms with Gasteiger partial charge in [0.25, 0.3) is 0 Å². The van der Waals surface area contributed by atoms with Crippen molar-refractivity contribution < 1.29 is 9.13 Å². The molecule has 0 aliphatic carbocycles. The third kappa shape index (κ3) is 3.09. The van der Waals surface area contributed by atoms with Crippen LogP contribution < -0.4 is 5.73 Å². The smallest absolute Gasteiger partial charge is 0.123 e. The van der Waals surface area contributed by atoms with Crippen LogP contribution in [0.5, 0.6) is 0 Å². The van der Waals surface area contributed by atoms with Gasteiger partial charge in [0.05, 0.1) is 6.61 Å². The molecule has 0 aromatic heterocycles. The minimum absolute atomic E-state index is 0.0239. The number of aryl methyl sites for hydroxylation is 1. The summed E-state index contributed by atoms with van der Waals surface area (Å²) in [6.45, 7) is 2.41. The largest absolute Gasteiger partial charge is 0.383 e. The van der Waals surface area contributed by atoms with E-state index in [0.717, 1.165) is 17.5 Å². The first-order valence-electron chi connectivity index (χ1n) is 4.63. The lowest BCUT2D eigenvalue weighted by Crippen LogP contribution is -2.28. The van der Waals surface area contributed by atoms with Gasteiger partial charge >= 0.3 is 0 Å². The molecule has 0 saturated heterocycles. The highest BCUT2D eigenvalue weighted by Gasteiger charge is 2.06. The monoisotopic (exact) mass is 197 g/mol. The highest BCUT2D eigenvalue weighted by Crippen LogP contribution is 2.11. The lowest BCUT2D eigenvalue weighted by atomic mass is 10.0. The predicted octanol–water partition coefficient (Wildman–Crippen LogP) is 1.65. The molecular weight excluding hydrogens is 181 g/mol. The third-order valence-electron chi connectivity index (χ3n) is 2.17. The Balaban J connectivity index is 2.67. The number of nitrogens with two attached hydrogens (primary N) is 1. The van der Waals surface area contributed by atoms with E-state index in [4.69, 9.17) is 10.5 Å². The van der Waals surface area contributed by atoms with E-state index in [0.29, 0.717) is 6.61 Å². The lowest BCUT2D eigenvalue weighted by Gasteiger charge is -2.12. The van der Waals surface area contributed by atoms with Gasteiger partial charge in [0.15, 0.2) is 0 Å². The summed E-state index contributed by atoms with van der Waals surface area (Å²) in [5.74, 6) is -0.202. The zero-order valence-corrected chi connectivity index (χ0v) is 8.59. The zero-order chi connectivity index (χ0) is 10.6. The van der Waals surface area contributed by atoms with E-state index in [-0.39, 0.29) is 11.9 Å². The molecule has 0 aliphatic heterocycles. The van der Waals surface area contributed by atoms with Gasteiger partial charge in [-0.15, -0.1) is 0 Å². The van der Waals surface area contributed by atoms with Gasteiger partial charge in [-0.2, -0.15) is 0 Å². The van der Waals surface area contributed by atoms with Crippen LogP contribution in [-0.2, 0) is 11.2 Å². The summed E-state index contributed by atoms with van der Waals surface area (Å²) in [6.07, 6.45) is 0.722. The van der Waals surface area contributed by atoms with Crippen LogP contribution in [0, 0.1) is 12.7 Å². The topological polar surface area (TPSA) is 35.2 Å². The molecule has 2 N–H and O–H groups in total. The van der Waals surface area contributed by atoms with E-state index in [1.807, 2.05) is 6.92 Å². The van der Waals surface area contributed by atoms with Crippen molar-refractivity contribution in [3.05, 3.63) is 35.1 Å². The van der Waals surface area contributed by atoms with Gasteiger partial charge in [-0.25, -0.2) is 4.39 Å². The summed E-state index contributed by atoms with van der Waals surface area (Å²) >= 11 is 0. The number of hydrogen-bond donors (Lipinski definition) is 1. The maximum Gasteiger partial charge on any atom is 0.123 e. The first-order chi connectivity index (χ1) is 6.63. The number of halogens is 1. The van der Waals surface area contributed by atoms with Crippen molar-refractivity contribution in [3.63, 3.8) is 0 Å². The number of benzene rings is 1. The number of rotatable bonds is 4. The Morgan fingerprint density at radius 3 is 2.79 bits per heavy atom. The Morgan fingerprint density at radius 2 is 2.21 bits per heavy atom. The van der Waals surface area contributed by atoms with Gasteiger partial charge in [0.1, 0.15) is 5.82 Å². The molecule has 3 heteroatoms. The first kappa shape index (κ1) is 11.1. The second kappa shape index (κ2) is 5.08. The molecule has 1 unspecified atom stereocenters. The van der Waals surface area contributed by atoms with Crippen LogP contribution in [0.15, 0.2) is 18.2 Å². The van der Waals surface area contributed by atoms with Crippen LogP contribution in [0.4, 0.5) is 4.39 Å². The van der Waals surface area contributed by atoms with Gasteiger partial charge in [-0.05, 0) is 36.6 Å².